The van der Waals surface area contributed by atoms with E-state index in [1.54, 1.807) is 0 Å². The van der Waals surface area contributed by atoms with Crippen LogP contribution in [0, 0.1) is 13.8 Å². The maximum absolute atomic E-state index is 6.69. The third kappa shape index (κ3) is 8.68. The van der Waals surface area contributed by atoms with E-state index in [1.165, 1.54) is 32.9 Å². The molecule has 214 valence electrons. The second-order valence-corrected chi connectivity index (χ2v) is 15.7. The molecule has 0 aliphatic carbocycles. The highest BCUT2D eigenvalue weighted by Gasteiger charge is 2.32. The predicted octanol–water partition coefficient (Wildman–Crippen LogP) is 5.69. The predicted molar refractivity (Wildman–Crippen MR) is 168 cm³/mol. The first-order valence-corrected chi connectivity index (χ1v) is 15.1. The first-order chi connectivity index (χ1) is 17.4. The minimum absolute atomic E-state index is 0.0459. The van der Waals surface area contributed by atoms with Crippen molar-refractivity contribution < 1.29 is 9.47 Å². The lowest BCUT2D eigenvalue weighted by molar-refractivity contribution is 0.258. The van der Waals surface area contributed by atoms with Gasteiger partial charge in [0.05, 0.1) is 0 Å². The van der Waals surface area contributed by atoms with Crippen molar-refractivity contribution in [3.05, 3.63) is 46.5 Å². The summed E-state index contributed by atoms with van der Waals surface area (Å²) in [7, 11) is 11.8. The van der Waals surface area contributed by atoms with Crippen molar-refractivity contribution in [3.63, 3.8) is 0 Å². The Hall–Kier alpha value is -1.65. The second kappa shape index (κ2) is 13.1. The van der Waals surface area contributed by atoms with Crippen molar-refractivity contribution in [2.24, 2.45) is 0 Å². The van der Waals surface area contributed by atoms with E-state index in [0.717, 1.165) is 24.6 Å². The molecule has 38 heavy (non-hydrogen) atoms. The Morgan fingerprint density at radius 3 is 1.21 bits per heavy atom. The van der Waals surface area contributed by atoms with Crippen LogP contribution >= 0.6 is 8.07 Å². The van der Waals surface area contributed by atoms with Crippen LogP contribution in [-0.4, -0.2) is 83.1 Å². The molecule has 0 aliphatic rings. The van der Waals surface area contributed by atoms with Crippen LogP contribution in [-0.2, 0) is 10.8 Å². The number of ether oxygens (including phenoxy) is 2. The molecule has 0 N–H and O–H groups in total. The minimum Gasteiger partial charge on any atom is -0.491 e. The van der Waals surface area contributed by atoms with Gasteiger partial charge in [-0.3, -0.25) is 4.67 Å². The molecule has 0 saturated heterocycles. The molecule has 0 bridgehead atoms. The fraction of sp³-hybridized carbons (Fsp3) is 0.625. The molecule has 5 nitrogen and oxygen atoms in total. The van der Waals surface area contributed by atoms with Crippen LogP contribution in [0.1, 0.15) is 63.8 Å². The van der Waals surface area contributed by atoms with Crippen molar-refractivity contribution in [1.82, 2.24) is 14.5 Å². The normalized spacial score (nSPS) is 12.8. The van der Waals surface area contributed by atoms with Gasteiger partial charge in [-0.1, -0.05) is 53.7 Å². The molecule has 0 amide bonds. The Balaban J connectivity index is 2.88. The third-order valence-corrected chi connectivity index (χ3v) is 8.85. The number of aryl methyl sites for hydroxylation is 2. The Labute approximate surface area is 235 Å². The van der Waals surface area contributed by atoms with Gasteiger partial charge in [-0.25, -0.2) is 0 Å². The van der Waals surface area contributed by atoms with E-state index >= 15 is 0 Å². The average Bonchev–Trinajstić information content (AvgIpc) is 2.74. The van der Waals surface area contributed by atoms with Gasteiger partial charge in [-0.05, 0) is 90.2 Å². The fourth-order valence-electron chi connectivity index (χ4n) is 4.46. The number of rotatable bonds is 11. The van der Waals surface area contributed by atoms with Gasteiger partial charge < -0.3 is 19.3 Å². The first-order valence-electron chi connectivity index (χ1n) is 13.8. The molecule has 6 heteroatoms. The first kappa shape index (κ1) is 32.6. The maximum atomic E-state index is 6.69. The zero-order valence-corrected chi connectivity index (χ0v) is 27.6. The van der Waals surface area contributed by atoms with Crippen molar-refractivity contribution >= 4 is 18.7 Å². The number of hydrogen-bond acceptors (Lipinski definition) is 5. The van der Waals surface area contributed by atoms with E-state index in [0.29, 0.717) is 13.2 Å². The highest BCUT2D eigenvalue weighted by Crippen LogP contribution is 2.47. The lowest BCUT2D eigenvalue weighted by atomic mass is 9.85. The molecule has 0 heterocycles. The highest BCUT2D eigenvalue weighted by molar-refractivity contribution is 7.71. The Morgan fingerprint density at radius 2 is 0.947 bits per heavy atom. The van der Waals surface area contributed by atoms with E-state index in [9.17, 15) is 0 Å². The van der Waals surface area contributed by atoms with E-state index in [4.69, 9.17) is 9.47 Å². The molecule has 0 fully saturated rings. The van der Waals surface area contributed by atoms with Crippen molar-refractivity contribution in [2.45, 2.75) is 66.2 Å². The van der Waals surface area contributed by atoms with Crippen molar-refractivity contribution in [1.29, 1.82) is 0 Å². The largest absolute Gasteiger partial charge is 0.491 e. The third-order valence-electron chi connectivity index (χ3n) is 6.47. The summed E-state index contributed by atoms with van der Waals surface area (Å²) >= 11 is 0. The maximum Gasteiger partial charge on any atom is 0.132 e. The van der Waals surface area contributed by atoms with Crippen molar-refractivity contribution in [2.75, 3.05) is 68.6 Å². The molecule has 0 aromatic heterocycles. The van der Waals surface area contributed by atoms with Gasteiger partial charge in [-0.2, -0.15) is 0 Å². The standard InChI is InChI=1S/C32H54N3O2P/c1-23-19-25(31(3,4)5)29(36-17-15-33(9)10)27(21-23)38(35(13)14)28-22-24(2)20-26(32(6,7)8)30(28)37-18-16-34(11)12/h19-22H,15-18H2,1-14H3. The Bertz CT molecular complexity index is 984. The number of benzene rings is 2. The van der Waals surface area contributed by atoms with Crippen LogP contribution in [0.5, 0.6) is 11.5 Å². The summed E-state index contributed by atoms with van der Waals surface area (Å²) in [5, 5.41) is 2.52. The molecule has 2 aromatic carbocycles. The summed E-state index contributed by atoms with van der Waals surface area (Å²) in [6, 6.07) is 9.30. The van der Waals surface area contributed by atoms with Crippen LogP contribution < -0.4 is 20.1 Å². The van der Waals surface area contributed by atoms with Crippen LogP contribution in [0.25, 0.3) is 0 Å². The fourth-order valence-corrected chi connectivity index (χ4v) is 6.99. The molecule has 2 aromatic rings. The summed E-state index contributed by atoms with van der Waals surface area (Å²) in [5.74, 6) is 2.06. The van der Waals surface area contributed by atoms with Gasteiger partial charge in [0.15, 0.2) is 0 Å². The van der Waals surface area contributed by atoms with Gasteiger partial charge in [0, 0.05) is 42.9 Å². The molecule has 0 unspecified atom stereocenters. The van der Waals surface area contributed by atoms with Gasteiger partial charge >= 0.3 is 0 Å². The molecule has 0 spiro atoms. The molecular formula is C32H54N3O2P. The van der Waals surface area contributed by atoms with Gasteiger partial charge in [0.1, 0.15) is 24.7 Å². The summed E-state index contributed by atoms with van der Waals surface area (Å²) in [6.45, 7) is 21.1. The van der Waals surface area contributed by atoms with E-state index in [2.05, 4.69) is 136 Å². The zero-order valence-electron chi connectivity index (χ0n) is 26.7. The zero-order chi connectivity index (χ0) is 29.0. The highest BCUT2D eigenvalue weighted by atomic mass is 31.1. The van der Waals surface area contributed by atoms with Crippen molar-refractivity contribution in [3.8, 4) is 11.5 Å². The summed E-state index contributed by atoms with van der Waals surface area (Å²) in [5.41, 5.74) is 4.96. The summed E-state index contributed by atoms with van der Waals surface area (Å²) in [4.78, 5) is 4.35. The van der Waals surface area contributed by atoms with E-state index in [-0.39, 0.29) is 10.8 Å². The van der Waals surface area contributed by atoms with Crippen LogP contribution in [0.2, 0.25) is 0 Å². The summed E-state index contributed by atoms with van der Waals surface area (Å²) < 4.78 is 15.8. The number of likely N-dealkylation sites (N-methyl/N-ethyl adjacent to an activating group) is 2. The van der Waals surface area contributed by atoms with Crippen LogP contribution in [0.3, 0.4) is 0 Å². The van der Waals surface area contributed by atoms with Crippen LogP contribution in [0.4, 0.5) is 0 Å². The van der Waals surface area contributed by atoms with Gasteiger partial charge in [0.25, 0.3) is 0 Å². The van der Waals surface area contributed by atoms with E-state index < -0.39 is 8.07 Å². The molecular weight excluding hydrogens is 489 g/mol. The molecule has 0 radical (unpaired) electrons. The van der Waals surface area contributed by atoms with Crippen LogP contribution in [0.15, 0.2) is 24.3 Å². The molecule has 0 saturated carbocycles. The topological polar surface area (TPSA) is 28.2 Å². The Morgan fingerprint density at radius 1 is 0.605 bits per heavy atom. The lowest BCUT2D eigenvalue weighted by Gasteiger charge is -2.34. The number of nitrogens with zero attached hydrogens (tertiary/aromatic N) is 3. The monoisotopic (exact) mass is 543 g/mol. The molecule has 2 rings (SSSR count). The van der Waals surface area contributed by atoms with E-state index in [1.807, 2.05) is 0 Å². The second-order valence-electron chi connectivity index (χ2n) is 13.3. The lowest BCUT2D eigenvalue weighted by Crippen LogP contribution is -2.31. The average molecular weight is 544 g/mol. The molecule has 0 aliphatic heterocycles. The Kier molecular flexibility index (Phi) is 11.3. The number of hydrogen-bond donors (Lipinski definition) is 0. The summed E-state index contributed by atoms with van der Waals surface area (Å²) in [6.07, 6.45) is 0. The van der Waals surface area contributed by atoms with Gasteiger partial charge in [-0.15, -0.1) is 0 Å². The molecule has 0 atom stereocenters. The smallest absolute Gasteiger partial charge is 0.132 e. The SMILES string of the molecule is Cc1cc(P(c2cc(C)cc(C(C)(C)C)c2OCCN(C)C)N(C)C)c(OCCN(C)C)c(C(C)(C)C)c1. The van der Waals surface area contributed by atoms with Gasteiger partial charge in [0.2, 0.25) is 0 Å². The minimum atomic E-state index is -0.918. The quantitative estimate of drug-likeness (QED) is 0.340.